The highest BCUT2D eigenvalue weighted by Gasteiger charge is 2.17. The number of fused-ring (bicyclic) bond motifs is 1. The molecule has 1 N–H and O–H groups in total. The number of aromatic amines is 1. The van der Waals surface area contributed by atoms with Gasteiger partial charge in [0.2, 0.25) is 0 Å². The van der Waals surface area contributed by atoms with Gasteiger partial charge in [-0.1, -0.05) is 6.07 Å². The van der Waals surface area contributed by atoms with E-state index in [2.05, 4.69) is 41.0 Å². The summed E-state index contributed by atoms with van der Waals surface area (Å²) >= 11 is 0. The highest BCUT2D eigenvalue weighted by molar-refractivity contribution is 5.44. The van der Waals surface area contributed by atoms with Crippen LogP contribution in [0.3, 0.4) is 0 Å². The third-order valence-electron chi connectivity index (χ3n) is 3.66. The van der Waals surface area contributed by atoms with E-state index in [1.165, 1.54) is 5.56 Å². The molecule has 1 aromatic carbocycles. The molecule has 0 bridgehead atoms. The maximum absolute atomic E-state index is 5.64. The van der Waals surface area contributed by atoms with Crippen molar-refractivity contribution >= 4 is 0 Å². The number of nitrogens with one attached hydrogen (secondary N) is 1. The number of H-pyrrole nitrogens is 1. The second-order valence-corrected chi connectivity index (χ2v) is 5.03. The fourth-order valence-corrected chi connectivity index (χ4v) is 2.33. The van der Waals surface area contributed by atoms with Crippen molar-refractivity contribution in [2.24, 2.45) is 0 Å². The molecule has 0 spiro atoms. The van der Waals surface area contributed by atoms with Crippen LogP contribution < -0.4 is 9.47 Å². The molecule has 5 heteroatoms. The summed E-state index contributed by atoms with van der Waals surface area (Å²) in [6.07, 6.45) is 3.62. The second-order valence-electron chi connectivity index (χ2n) is 5.03. The first-order valence-corrected chi connectivity index (χ1v) is 6.82. The summed E-state index contributed by atoms with van der Waals surface area (Å²) in [6, 6.07) is 6.42. The average molecular weight is 273 g/mol. The standard InChI is InChI=1S/C15H19N3O2/c1-11(18(2)10-15-16-5-6-17-15)12-3-4-13-14(9-12)20-8-7-19-13/h3-6,9,11H,7-8,10H2,1-2H3,(H,16,17)/t11-/m0/s1. The van der Waals surface area contributed by atoms with Crippen LogP contribution in [0.2, 0.25) is 0 Å². The number of nitrogens with zero attached hydrogens (tertiary/aromatic N) is 2. The van der Waals surface area contributed by atoms with E-state index >= 15 is 0 Å². The Morgan fingerprint density at radius 3 is 2.85 bits per heavy atom. The molecule has 0 unspecified atom stereocenters. The second kappa shape index (κ2) is 5.54. The smallest absolute Gasteiger partial charge is 0.161 e. The Balaban J connectivity index is 1.74. The number of aromatic nitrogens is 2. The zero-order valence-corrected chi connectivity index (χ0v) is 11.8. The highest BCUT2D eigenvalue weighted by Crippen LogP contribution is 2.33. The first kappa shape index (κ1) is 13.0. The van der Waals surface area contributed by atoms with Crippen LogP contribution in [-0.2, 0) is 6.54 Å². The molecule has 1 aliphatic heterocycles. The summed E-state index contributed by atoms with van der Waals surface area (Å²) in [5, 5.41) is 0. The van der Waals surface area contributed by atoms with Crippen molar-refractivity contribution in [2.75, 3.05) is 20.3 Å². The minimum absolute atomic E-state index is 0.274. The third kappa shape index (κ3) is 2.63. The van der Waals surface area contributed by atoms with E-state index in [9.17, 15) is 0 Å². The van der Waals surface area contributed by atoms with E-state index < -0.39 is 0 Å². The summed E-state index contributed by atoms with van der Waals surface area (Å²) in [7, 11) is 2.09. The molecule has 106 valence electrons. The lowest BCUT2D eigenvalue weighted by Gasteiger charge is -2.26. The lowest BCUT2D eigenvalue weighted by atomic mass is 10.1. The minimum atomic E-state index is 0.274. The molecule has 20 heavy (non-hydrogen) atoms. The molecule has 0 aliphatic carbocycles. The average Bonchev–Trinajstić information content (AvgIpc) is 2.99. The summed E-state index contributed by atoms with van der Waals surface area (Å²) in [4.78, 5) is 9.63. The van der Waals surface area contributed by atoms with Crippen LogP contribution in [0.15, 0.2) is 30.6 Å². The molecule has 0 radical (unpaired) electrons. The van der Waals surface area contributed by atoms with Gasteiger partial charge in [0, 0.05) is 18.4 Å². The Morgan fingerprint density at radius 1 is 1.30 bits per heavy atom. The lowest BCUT2D eigenvalue weighted by molar-refractivity contribution is 0.170. The summed E-state index contributed by atoms with van der Waals surface area (Å²) in [5.41, 5.74) is 1.21. The molecule has 2 heterocycles. The van der Waals surface area contributed by atoms with Crippen LogP contribution in [0, 0.1) is 0 Å². The molecule has 0 amide bonds. The van der Waals surface area contributed by atoms with Gasteiger partial charge in [-0.3, -0.25) is 4.90 Å². The maximum atomic E-state index is 5.64. The number of rotatable bonds is 4. The van der Waals surface area contributed by atoms with E-state index in [4.69, 9.17) is 9.47 Å². The van der Waals surface area contributed by atoms with Gasteiger partial charge in [0.1, 0.15) is 19.0 Å². The van der Waals surface area contributed by atoms with E-state index in [1.807, 2.05) is 12.3 Å². The molecular formula is C15H19N3O2. The predicted molar refractivity (Wildman–Crippen MR) is 75.9 cm³/mol. The molecule has 1 aliphatic rings. The Bertz CT molecular complexity index is 569. The Labute approximate surface area is 118 Å². The predicted octanol–water partition coefficient (Wildman–Crippen LogP) is 2.37. The number of hydrogen-bond donors (Lipinski definition) is 1. The fourth-order valence-electron chi connectivity index (χ4n) is 2.33. The van der Waals surface area contributed by atoms with Gasteiger partial charge in [0.15, 0.2) is 11.5 Å². The van der Waals surface area contributed by atoms with Crippen LogP contribution in [0.4, 0.5) is 0 Å². The van der Waals surface area contributed by atoms with Crippen LogP contribution in [-0.4, -0.2) is 35.1 Å². The molecule has 1 atom stereocenters. The topological polar surface area (TPSA) is 50.4 Å². The van der Waals surface area contributed by atoms with Gasteiger partial charge in [-0.15, -0.1) is 0 Å². The van der Waals surface area contributed by atoms with Crippen LogP contribution in [0.25, 0.3) is 0 Å². The molecular weight excluding hydrogens is 254 g/mol. The molecule has 1 aromatic heterocycles. The third-order valence-corrected chi connectivity index (χ3v) is 3.66. The SMILES string of the molecule is C[C@@H](c1ccc2c(c1)OCCO2)N(C)Cc1ncc[nH]1. The Morgan fingerprint density at radius 2 is 2.10 bits per heavy atom. The zero-order valence-electron chi connectivity index (χ0n) is 11.8. The monoisotopic (exact) mass is 273 g/mol. The van der Waals surface area contributed by atoms with Gasteiger partial charge < -0.3 is 14.5 Å². The van der Waals surface area contributed by atoms with Crippen molar-refractivity contribution in [3.8, 4) is 11.5 Å². The van der Waals surface area contributed by atoms with Crippen molar-refractivity contribution in [1.82, 2.24) is 14.9 Å². The maximum Gasteiger partial charge on any atom is 0.161 e. The number of imidazole rings is 1. The van der Waals surface area contributed by atoms with Crippen molar-refractivity contribution in [3.63, 3.8) is 0 Å². The van der Waals surface area contributed by atoms with E-state index in [0.717, 1.165) is 23.9 Å². The Kier molecular flexibility index (Phi) is 3.60. The number of ether oxygens (including phenoxy) is 2. The number of benzene rings is 1. The largest absolute Gasteiger partial charge is 0.486 e. The van der Waals surface area contributed by atoms with Gasteiger partial charge in [0.05, 0.1) is 6.54 Å². The van der Waals surface area contributed by atoms with Gasteiger partial charge in [-0.05, 0) is 31.7 Å². The molecule has 0 fully saturated rings. The van der Waals surface area contributed by atoms with Gasteiger partial charge >= 0.3 is 0 Å². The molecule has 0 saturated carbocycles. The normalized spacial score (nSPS) is 15.3. The first-order valence-electron chi connectivity index (χ1n) is 6.82. The van der Waals surface area contributed by atoms with Gasteiger partial charge in [-0.25, -0.2) is 4.98 Å². The minimum Gasteiger partial charge on any atom is -0.486 e. The molecule has 0 saturated heterocycles. The van der Waals surface area contributed by atoms with Crippen molar-refractivity contribution in [3.05, 3.63) is 42.0 Å². The van der Waals surface area contributed by atoms with E-state index in [-0.39, 0.29) is 6.04 Å². The molecule has 5 nitrogen and oxygen atoms in total. The Hall–Kier alpha value is -2.01. The summed E-state index contributed by atoms with van der Waals surface area (Å²) in [5.74, 6) is 2.64. The van der Waals surface area contributed by atoms with Crippen molar-refractivity contribution in [2.45, 2.75) is 19.5 Å². The lowest BCUT2D eigenvalue weighted by Crippen LogP contribution is -2.23. The van der Waals surface area contributed by atoms with E-state index in [0.29, 0.717) is 13.2 Å². The first-order chi connectivity index (χ1) is 9.74. The van der Waals surface area contributed by atoms with Gasteiger partial charge in [0.25, 0.3) is 0 Å². The van der Waals surface area contributed by atoms with Crippen molar-refractivity contribution < 1.29 is 9.47 Å². The van der Waals surface area contributed by atoms with Crippen LogP contribution in [0.5, 0.6) is 11.5 Å². The summed E-state index contributed by atoms with van der Waals surface area (Å²) in [6.45, 7) is 4.20. The highest BCUT2D eigenvalue weighted by atomic mass is 16.6. The summed E-state index contributed by atoms with van der Waals surface area (Å²) < 4.78 is 11.2. The van der Waals surface area contributed by atoms with Crippen LogP contribution in [0.1, 0.15) is 24.4 Å². The molecule has 2 aromatic rings. The fraction of sp³-hybridized carbons (Fsp3) is 0.400. The van der Waals surface area contributed by atoms with Crippen molar-refractivity contribution in [1.29, 1.82) is 0 Å². The van der Waals surface area contributed by atoms with Gasteiger partial charge in [-0.2, -0.15) is 0 Å². The number of hydrogen-bond acceptors (Lipinski definition) is 4. The quantitative estimate of drug-likeness (QED) is 0.929. The molecule has 3 rings (SSSR count). The van der Waals surface area contributed by atoms with Crippen LogP contribution >= 0.6 is 0 Å². The van der Waals surface area contributed by atoms with E-state index in [1.54, 1.807) is 6.20 Å². The zero-order chi connectivity index (χ0) is 13.9.